The fourth-order valence-electron chi connectivity index (χ4n) is 4.02. The Kier molecular flexibility index (Phi) is 8.35. The molecule has 136 valence electrons. The standard InChI is InChI=1S/C20H41N3/c1-18(2)5-9-21-13-15-22(16-14-21)10-6-20-7-11-23(12-8-20)17-19(3)4/h18-20H,5-17H2,1-4H3. The van der Waals surface area contributed by atoms with E-state index in [1.54, 1.807) is 0 Å². The van der Waals surface area contributed by atoms with Gasteiger partial charge in [0, 0.05) is 32.7 Å². The first-order chi connectivity index (χ1) is 11.0. The predicted octanol–water partition coefficient (Wildman–Crippen LogP) is 3.41. The normalized spacial score (nSPS) is 23.2. The Labute approximate surface area is 145 Å². The van der Waals surface area contributed by atoms with Gasteiger partial charge in [0.2, 0.25) is 0 Å². The number of rotatable bonds is 8. The van der Waals surface area contributed by atoms with Gasteiger partial charge < -0.3 is 14.7 Å². The van der Waals surface area contributed by atoms with Crippen LogP contribution in [-0.4, -0.2) is 73.6 Å². The Morgan fingerprint density at radius 2 is 1.26 bits per heavy atom. The molecule has 0 aromatic heterocycles. The van der Waals surface area contributed by atoms with Crippen LogP contribution in [0.1, 0.15) is 53.4 Å². The quantitative estimate of drug-likeness (QED) is 0.678. The van der Waals surface area contributed by atoms with Crippen molar-refractivity contribution >= 4 is 0 Å². The second-order valence-corrected chi connectivity index (χ2v) is 8.79. The van der Waals surface area contributed by atoms with Crippen molar-refractivity contribution in [2.75, 3.05) is 58.9 Å². The molecule has 2 saturated heterocycles. The van der Waals surface area contributed by atoms with Crippen molar-refractivity contribution in [3.8, 4) is 0 Å². The van der Waals surface area contributed by atoms with Gasteiger partial charge in [-0.25, -0.2) is 0 Å². The van der Waals surface area contributed by atoms with Gasteiger partial charge in [0.25, 0.3) is 0 Å². The first-order valence-corrected chi connectivity index (χ1v) is 10.2. The van der Waals surface area contributed by atoms with Gasteiger partial charge in [0.1, 0.15) is 0 Å². The van der Waals surface area contributed by atoms with Crippen LogP contribution in [0.3, 0.4) is 0 Å². The summed E-state index contributed by atoms with van der Waals surface area (Å²) in [6.07, 6.45) is 5.65. The molecule has 0 bridgehead atoms. The molecule has 2 aliphatic rings. The molecule has 0 saturated carbocycles. The van der Waals surface area contributed by atoms with E-state index in [2.05, 4.69) is 42.4 Å². The van der Waals surface area contributed by atoms with Crippen LogP contribution >= 0.6 is 0 Å². The summed E-state index contributed by atoms with van der Waals surface area (Å²) in [5.41, 5.74) is 0. The van der Waals surface area contributed by atoms with Crippen molar-refractivity contribution in [1.29, 1.82) is 0 Å². The third kappa shape index (κ3) is 7.53. The number of nitrogens with zero attached hydrogens (tertiary/aromatic N) is 3. The molecule has 2 rings (SSSR count). The lowest BCUT2D eigenvalue weighted by Crippen LogP contribution is -2.47. The Balaban J connectivity index is 1.54. The minimum atomic E-state index is 0.818. The van der Waals surface area contributed by atoms with E-state index >= 15 is 0 Å². The lowest BCUT2D eigenvalue weighted by atomic mass is 9.93. The summed E-state index contributed by atoms with van der Waals surface area (Å²) in [5.74, 6) is 2.64. The van der Waals surface area contributed by atoms with Crippen molar-refractivity contribution in [3.63, 3.8) is 0 Å². The molecule has 3 heteroatoms. The molecule has 2 fully saturated rings. The number of piperidine rings is 1. The van der Waals surface area contributed by atoms with Gasteiger partial charge in [-0.2, -0.15) is 0 Å². The van der Waals surface area contributed by atoms with E-state index in [1.165, 1.54) is 84.6 Å². The molecule has 0 spiro atoms. The van der Waals surface area contributed by atoms with Crippen LogP contribution < -0.4 is 0 Å². The summed E-state index contributed by atoms with van der Waals surface area (Å²) in [6, 6.07) is 0. The first-order valence-electron chi connectivity index (χ1n) is 10.2. The van der Waals surface area contributed by atoms with Crippen molar-refractivity contribution < 1.29 is 0 Å². The highest BCUT2D eigenvalue weighted by Gasteiger charge is 2.22. The van der Waals surface area contributed by atoms with Crippen LogP contribution in [0.15, 0.2) is 0 Å². The van der Waals surface area contributed by atoms with E-state index in [4.69, 9.17) is 0 Å². The van der Waals surface area contributed by atoms with Gasteiger partial charge in [-0.1, -0.05) is 27.7 Å². The maximum absolute atomic E-state index is 2.71. The number of piperazine rings is 1. The fraction of sp³-hybridized carbons (Fsp3) is 1.00. The third-order valence-corrected chi connectivity index (χ3v) is 5.67. The maximum atomic E-state index is 2.71. The van der Waals surface area contributed by atoms with Gasteiger partial charge in [0.05, 0.1) is 0 Å². The Bertz CT molecular complexity index is 300. The Morgan fingerprint density at radius 3 is 1.78 bits per heavy atom. The fourth-order valence-corrected chi connectivity index (χ4v) is 4.02. The van der Waals surface area contributed by atoms with Gasteiger partial charge in [-0.05, 0) is 69.6 Å². The lowest BCUT2D eigenvalue weighted by Gasteiger charge is -2.37. The van der Waals surface area contributed by atoms with E-state index in [9.17, 15) is 0 Å². The zero-order valence-electron chi connectivity index (χ0n) is 16.3. The predicted molar refractivity (Wildman–Crippen MR) is 101 cm³/mol. The minimum Gasteiger partial charge on any atom is -0.303 e. The van der Waals surface area contributed by atoms with Crippen molar-refractivity contribution in [2.24, 2.45) is 17.8 Å². The van der Waals surface area contributed by atoms with E-state index in [1.807, 2.05) is 0 Å². The lowest BCUT2D eigenvalue weighted by molar-refractivity contribution is 0.111. The van der Waals surface area contributed by atoms with Crippen LogP contribution in [0.25, 0.3) is 0 Å². The molecule has 0 aromatic rings. The van der Waals surface area contributed by atoms with E-state index in [0.717, 1.165) is 17.8 Å². The van der Waals surface area contributed by atoms with Crippen LogP contribution in [0.5, 0.6) is 0 Å². The number of likely N-dealkylation sites (tertiary alicyclic amines) is 1. The molecule has 0 amide bonds. The highest BCUT2D eigenvalue weighted by Crippen LogP contribution is 2.21. The molecule has 23 heavy (non-hydrogen) atoms. The monoisotopic (exact) mass is 323 g/mol. The summed E-state index contributed by atoms with van der Waals surface area (Å²) in [6.45, 7) is 21.1. The summed E-state index contributed by atoms with van der Waals surface area (Å²) >= 11 is 0. The SMILES string of the molecule is CC(C)CCN1CCN(CCC2CCN(CC(C)C)CC2)CC1. The van der Waals surface area contributed by atoms with Gasteiger partial charge in [-0.3, -0.25) is 0 Å². The zero-order chi connectivity index (χ0) is 16.7. The number of hydrogen-bond donors (Lipinski definition) is 0. The average molecular weight is 324 g/mol. The summed E-state index contributed by atoms with van der Waals surface area (Å²) in [4.78, 5) is 8.06. The molecule has 0 aliphatic carbocycles. The Morgan fingerprint density at radius 1 is 0.696 bits per heavy atom. The van der Waals surface area contributed by atoms with Crippen molar-refractivity contribution in [1.82, 2.24) is 14.7 Å². The van der Waals surface area contributed by atoms with E-state index < -0.39 is 0 Å². The van der Waals surface area contributed by atoms with Gasteiger partial charge >= 0.3 is 0 Å². The maximum Gasteiger partial charge on any atom is 0.0110 e. The van der Waals surface area contributed by atoms with Crippen LogP contribution in [0.4, 0.5) is 0 Å². The Hall–Kier alpha value is -0.120. The highest BCUT2D eigenvalue weighted by atomic mass is 15.3. The molecule has 2 heterocycles. The van der Waals surface area contributed by atoms with Crippen LogP contribution in [-0.2, 0) is 0 Å². The second kappa shape index (κ2) is 10.0. The van der Waals surface area contributed by atoms with Gasteiger partial charge in [-0.15, -0.1) is 0 Å². The first kappa shape index (κ1) is 19.2. The molecule has 3 nitrogen and oxygen atoms in total. The average Bonchev–Trinajstić information content (AvgIpc) is 2.53. The molecule has 0 unspecified atom stereocenters. The number of hydrogen-bond acceptors (Lipinski definition) is 3. The van der Waals surface area contributed by atoms with Crippen molar-refractivity contribution in [2.45, 2.75) is 53.4 Å². The molecular formula is C20H41N3. The molecule has 0 aromatic carbocycles. The molecule has 0 atom stereocenters. The molecule has 0 N–H and O–H groups in total. The van der Waals surface area contributed by atoms with E-state index in [-0.39, 0.29) is 0 Å². The second-order valence-electron chi connectivity index (χ2n) is 8.79. The van der Waals surface area contributed by atoms with Crippen molar-refractivity contribution in [3.05, 3.63) is 0 Å². The largest absolute Gasteiger partial charge is 0.303 e. The molecular weight excluding hydrogens is 282 g/mol. The smallest absolute Gasteiger partial charge is 0.0110 e. The summed E-state index contributed by atoms with van der Waals surface area (Å²) < 4.78 is 0. The molecule has 0 radical (unpaired) electrons. The van der Waals surface area contributed by atoms with Crippen LogP contribution in [0, 0.1) is 17.8 Å². The zero-order valence-corrected chi connectivity index (χ0v) is 16.3. The highest BCUT2D eigenvalue weighted by molar-refractivity contribution is 4.77. The topological polar surface area (TPSA) is 9.72 Å². The van der Waals surface area contributed by atoms with E-state index in [0.29, 0.717) is 0 Å². The van der Waals surface area contributed by atoms with Gasteiger partial charge in [0.15, 0.2) is 0 Å². The minimum absolute atomic E-state index is 0.818. The summed E-state index contributed by atoms with van der Waals surface area (Å²) in [5, 5.41) is 0. The summed E-state index contributed by atoms with van der Waals surface area (Å²) in [7, 11) is 0. The van der Waals surface area contributed by atoms with Crippen LogP contribution in [0.2, 0.25) is 0 Å². The molecule has 2 aliphatic heterocycles. The third-order valence-electron chi connectivity index (χ3n) is 5.67.